The fraction of sp³-hybridized carbons (Fsp3) is 0.529. The lowest BCUT2D eigenvalue weighted by molar-refractivity contribution is -0.134. The summed E-state index contributed by atoms with van der Waals surface area (Å²) in [5.74, 6) is -0.165. The van der Waals surface area contributed by atoms with E-state index < -0.39 is 10.0 Å². The van der Waals surface area contributed by atoms with E-state index >= 15 is 0 Å². The SMILES string of the molecule is CC(C)C(=O)N1CCCN(S(=O)(=O)c2cc3c(cc2Cl)NC(=O)CO3)CC1. The molecule has 1 saturated heterocycles. The predicted octanol–water partition coefficient (Wildman–Crippen LogP) is 1.55. The van der Waals surface area contributed by atoms with Crippen LogP contribution in [-0.2, 0) is 19.6 Å². The highest BCUT2D eigenvalue weighted by atomic mass is 35.5. The van der Waals surface area contributed by atoms with Gasteiger partial charge in [0.15, 0.2) is 6.61 Å². The third-order valence-electron chi connectivity index (χ3n) is 4.55. The third-order valence-corrected chi connectivity index (χ3v) is 6.91. The number of anilines is 1. The molecule has 3 rings (SSSR count). The summed E-state index contributed by atoms with van der Waals surface area (Å²) in [5, 5.41) is 2.61. The van der Waals surface area contributed by atoms with E-state index in [1.165, 1.54) is 16.4 Å². The maximum atomic E-state index is 13.1. The number of nitrogens with zero attached hydrogens (tertiary/aromatic N) is 2. The molecule has 0 aromatic heterocycles. The molecule has 0 bridgehead atoms. The van der Waals surface area contributed by atoms with Crippen molar-refractivity contribution in [2.75, 3.05) is 38.1 Å². The van der Waals surface area contributed by atoms with E-state index in [9.17, 15) is 18.0 Å². The third kappa shape index (κ3) is 4.04. The smallest absolute Gasteiger partial charge is 0.262 e. The average Bonchev–Trinajstić information content (AvgIpc) is 2.86. The van der Waals surface area contributed by atoms with Crippen molar-refractivity contribution >= 4 is 39.1 Å². The monoisotopic (exact) mass is 415 g/mol. The van der Waals surface area contributed by atoms with Gasteiger partial charge in [-0.05, 0) is 12.5 Å². The highest BCUT2D eigenvalue weighted by Gasteiger charge is 2.32. The molecule has 2 amide bonds. The summed E-state index contributed by atoms with van der Waals surface area (Å²) in [4.78, 5) is 25.2. The molecule has 1 aromatic rings. The van der Waals surface area contributed by atoms with E-state index in [2.05, 4.69) is 5.32 Å². The molecule has 2 aliphatic rings. The van der Waals surface area contributed by atoms with Crippen LogP contribution in [0.5, 0.6) is 5.75 Å². The van der Waals surface area contributed by atoms with Crippen LogP contribution in [0.4, 0.5) is 5.69 Å². The van der Waals surface area contributed by atoms with Gasteiger partial charge in [-0.25, -0.2) is 8.42 Å². The first-order valence-corrected chi connectivity index (χ1v) is 10.6. The van der Waals surface area contributed by atoms with Gasteiger partial charge >= 0.3 is 0 Å². The number of rotatable bonds is 3. The molecule has 0 saturated carbocycles. The van der Waals surface area contributed by atoms with Crippen LogP contribution in [0.1, 0.15) is 20.3 Å². The minimum absolute atomic E-state index is 0.0129. The number of hydrogen-bond acceptors (Lipinski definition) is 5. The lowest BCUT2D eigenvalue weighted by Crippen LogP contribution is -2.39. The number of fused-ring (bicyclic) bond motifs is 1. The normalized spacial score (nSPS) is 18.5. The van der Waals surface area contributed by atoms with Gasteiger partial charge in [0, 0.05) is 38.2 Å². The van der Waals surface area contributed by atoms with Crippen LogP contribution in [0.3, 0.4) is 0 Å². The number of ether oxygens (including phenoxy) is 1. The van der Waals surface area contributed by atoms with Crippen molar-refractivity contribution < 1.29 is 22.7 Å². The molecule has 27 heavy (non-hydrogen) atoms. The molecule has 1 N–H and O–H groups in total. The van der Waals surface area contributed by atoms with Gasteiger partial charge in [0.25, 0.3) is 5.91 Å². The van der Waals surface area contributed by atoms with Gasteiger partial charge in [-0.15, -0.1) is 0 Å². The second-order valence-electron chi connectivity index (χ2n) is 6.85. The van der Waals surface area contributed by atoms with Crippen molar-refractivity contribution in [3.63, 3.8) is 0 Å². The Bertz CT molecular complexity index is 872. The van der Waals surface area contributed by atoms with Crippen LogP contribution in [-0.4, -0.2) is 62.2 Å². The molecule has 1 fully saturated rings. The Kier molecular flexibility index (Phi) is 5.64. The van der Waals surface area contributed by atoms with Gasteiger partial charge < -0.3 is 15.0 Å². The lowest BCUT2D eigenvalue weighted by atomic mass is 10.2. The zero-order chi connectivity index (χ0) is 19.8. The molecule has 0 spiro atoms. The Morgan fingerprint density at radius 2 is 1.96 bits per heavy atom. The predicted molar refractivity (Wildman–Crippen MR) is 100 cm³/mol. The molecule has 2 aliphatic heterocycles. The van der Waals surface area contributed by atoms with Crippen LogP contribution < -0.4 is 10.1 Å². The maximum absolute atomic E-state index is 13.1. The molecule has 2 heterocycles. The Balaban J connectivity index is 1.84. The van der Waals surface area contributed by atoms with E-state index in [-0.39, 0.29) is 46.6 Å². The topological polar surface area (TPSA) is 96.0 Å². The molecule has 8 nitrogen and oxygen atoms in total. The minimum Gasteiger partial charge on any atom is -0.482 e. The summed E-state index contributed by atoms with van der Waals surface area (Å²) in [5.41, 5.74) is 0.347. The highest BCUT2D eigenvalue weighted by molar-refractivity contribution is 7.89. The molecular formula is C17H22ClN3O5S. The molecule has 0 unspecified atom stereocenters. The molecular weight excluding hydrogens is 394 g/mol. The first-order chi connectivity index (χ1) is 12.7. The summed E-state index contributed by atoms with van der Waals surface area (Å²) in [6.07, 6.45) is 0.548. The Morgan fingerprint density at radius 1 is 1.22 bits per heavy atom. The van der Waals surface area contributed by atoms with Crippen LogP contribution in [0, 0.1) is 5.92 Å². The number of halogens is 1. The van der Waals surface area contributed by atoms with Crippen molar-refractivity contribution in [3.8, 4) is 5.75 Å². The maximum Gasteiger partial charge on any atom is 0.262 e. The number of nitrogens with one attached hydrogen (secondary N) is 1. The summed E-state index contributed by atoms with van der Waals surface area (Å²) in [6, 6.07) is 2.72. The van der Waals surface area contributed by atoms with Gasteiger partial charge in [-0.2, -0.15) is 4.31 Å². The van der Waals surface area contributed by atoms with E-state index in [0.717, 1.165) is 0 Å². The molecule has 1 aromatic carbocycles. The Hall–Kier alpha value is -1.84. The van der Waals surface area contributed by atoms with Gasteiger partial charge in [0.1, 0.15) is 10.6 Å². The molecule has 0 aliphatic carbocycles. The van der Waals surface area contributed by atoms with Crippen molar-refractivity contribution in [2.45, 2.75) is 25.2 Å². The highest BCUT2D eigenvalue weighted by Crippen LogP contribution is 2.37. The van der Waals surface area contributed by atoms with Gasteiger partial charge in [0.2, 0.25) is 15.9 Å². The first kappa shape index (κ1) is 19.9. The van der Waals surface area contributed by atoms with Gasteiger partial charge in [0.05, 0.1) is 10.7 Å². The second kappa shape index (κ2) is 7.65. The Labute approximate surface area is 163 Å². The van der Waals surface area contributed by atoms with E-state index in [1.807, 2.05) is 13.8 Å². The quantitative estimate of drug-likeness (QED) is 0.808. The average molecular weight is 416 g/mol. The van der Waals surface area contributed by atoms with E-state index in [0.29, 0.717) is 31.7 Å². The van der Waals surface area contributed by atoms with Crippen LogP contribution >= 0.6 is 11.6 Å². The van der Waals surface area contributed by atoms with Gasteiger partial charge in [-0.1, -0.05) is 25.4 Å². The first-order valence-electron chi connectivity index (χ1n) is 8.75. The summed E-state index contributed by atoms with van der Waals surface area (Å²) < 4.78 is 32.9. The van der Waals surface area contributed by atoms with Crippen molar-refractivity contribution in [1.82, 2.24) is 9.21 Å². The Morgan fingerprint density at radius 3 is 2.67 bits per heavy atom. The van der Waals surface area contributed by atoms with E-state index in [1.54, 1.807) is 4.90 Å². The van der Waals surface area contributed by atoms with Gasteiger partial charge in [-0.3, -0.25) is 9.59 Å². The van der Waals surface area contributed by atoms with Crippen molar-refractivity contribution in [2.24, 2.45) is 5.92 Å². The molecule has 148 valence electrons. The standard InChI is InChI=1S/C17H22ClN3O5S/c1-11(2)17(23)20-4-3-5-21(7-6-20)27(24,25)15-9-14-13(8-12(15)18)19-16(22)10-26-14/h8-9,11H,3-7,10H2,1-2H3,(H,19,22). The number of sulfonamides is 1. The van der Waals surface area contributed by atoms with E-state index in [4.69, 9.17) is 16.3 Å². The molecule has 0 atom stereocenters. The summed E-state index contributed by atoms with van der Waals surface area (Å²) in [7, 11) is -3.86. The fourth-order valence-corrected chi connectivity index (χ4v) is 5.12. The zero-order valence-electron chi connectivity index (χ0n) is 15.2. The van der Waals surface area contributed by atoms with Crippen LogP contribution in [0.15, 0.2) is 17.0 Å². The molecule has 10 heteroatoms. The van der Waals surface area contributed by atoms with Crippen LogP contribution in [0.25, 0.3) is 0 Å². The minimum atomic E-state index is -3.86. The number of carbonyl (C=O) groups excluding carboxylic acids is 2. The second-order valence-corrected chi connectivity index (χ2v) is 9.17. The number of benzene rings is 1. The largest absolute Gasteiger partial charge is 0.482 e. The number of carbonyl (C=O) groups is 2. The summed E-state index contributed by atoms with van der Waals surface area (Å²) in [6.45, 7) is 4.84. The number of hydrogen-bond donors (Lipinski definition) is 1. The van der Waals surface area contributed by atoms with Crippen LogP contribution in [0.2, 0.25) is 5.02 Å². The zero-order valence-corrected chi connectivity index (χ0v) is 16.8. The summed E-state index contributed by atoms with van der Waals surface area (Å²) >= 11 is 6.20. The van der Waals surface area contributed by atoms with Crippen molar-refractivity contribution in [1.29, 1.82) is 0 Å². The lowest BCUT2D eigenvalue weighted by Gasteiger charge is -2.24. The van der Waals surface area contributed by atoms with Crippen molar-refractivity contribution in [3.05, 3.63) is 17.2 Å². The number of amides is 2. The molecule has 0 radical (unpaired) electrons. The fourth-order valence-electron chi connectivity index (χ4n) is 3.14.